The average molecular weight is 278 g/mol. The summed E-state index contributed by atoms with van der Waals surface area (Å²) >= 11 is 0. The SMILES string of the molecule is COC(=O)CC#Cc1ccc(C(=O)c2ccccc2)cc1. The minimum Gasteiger partial charge on any atom is -0.468 e. The predicted octanol–water partition coefficient (Wildman–Crippen LogP) is 2.83. The fourth-order valence-corrected chi connectivity index (χ4v) is 1.75. The molecule has 2 aromatic rings. The third-order valence-electron chi connectivity index (χ3n) is 2.88. The van der Waals surface area contributed by atoms with Crippen LogP contribution in [0.15, 0.2) is 54.6 Å². The number of ether oxygens (including phenoxy) is 1. The molecule has 0 spiro atoms. The van der Waals surface area contributed by atoms with Crippen molar-refractivity contribution in [1.29, 1.82) is 0 Å². The molecule has 0 amide bonds. The summed E-state index contributed by atoms with van der Waals surface area (Å²) in [5.74, 6) is 5.19. The Bertz CT molecular complexity index is 689. The van der Waals surface area contributed by atoms with Gasteiger partial charge in [0.25, 0.3) is 0 Å². The lowest BCUT2D eigenvalue weighted by atomic mass is 10.0. The Kier molecular flexibility index (Phi) is 4.89. The molecule has 0 aliphatic heterocycles. The van der Waals surface area contributed by atoms with Gasteiger partial charge in [0, 0.05) is 16.7 Å². The average Bonchev–Trinajstić information content (AvgIpc) is 2.55. The van der Waals surface area contributed by atoms with Crippen LogP contribution < -0.4 is 0 Å². The number of hydrogen-bond donors (Lipinski definition) is 0. The standard InChI is InChI=1S/C18H14O3/c1-21-17(19)9-5-6-14-10-12-16(13-11-14)18(20)15-7-3-2-4-8-15/h2-4,7-8,10-13H,9H2,1H3. The summed E-state index contributed by atoms with van der Waals surface area (Å²) in [6.07, 6.45) is 0.0567. The van der Waals surface area contributed by atoms with E-state index in [1.54, 1.807) is 36.4 Å². The number of ketones is 1. The zero-order chi connectivity index (χ0) is 15.1. The molecule has 0 saturated carbocycles. The van der Waals surface area contributed by atoms with E-state index in [1.165, 1.54) is 7.11 Å². The molecule has 0 aromatic heterocycles. The van der Waals surface area contributed by atoms with Gasteiger partial charge in [-0.25, -0.2) is 0 Å². The van der Waals surface area contributed by atoms with Crippen LogP contribution in [0, 0.1) is 11.8 Å². The molecule has 0 fully saturated rings. The van der Waals surface area contributed by atoms with E-state index in [9.17, 15) is 9.59 Å². The number of carbonyl (C=O) groups is 2. The molecule has 0 unspecified atom stereocenters. The Labute approximate surface area is 123 Å². The van der Waals surface area contributed by atoms with Crippen LogP contribution in [0.3, 0.4) is 0 Å². The molecule has 0 bridgehead atoms. The van der Waals surface area contributed by atoms with E-state index in [0.29, 0.717) is 11.1 Å². The quantitative estimate of drug-likeness (QED) is 0.492. The molecule has 21 heavy (non-hydrogen) atoms. The Balaban J connectivity index is 2.09. The third kappa shape index (κ3) is 4.05. The fourth-order valence-electron chi connectivity index (χ4n) is 1.75. The monoisotopic (exact) mass is 278 g/mol. The number of rotatable bonds is 3. The summed E-state index contributed by atoms with van der Waals surface area (Å²) in [6, 6.07) is 16.1. The second-order valence-corrected chi connectivity index (χ2v) is 4.33. The first-order valence-corrected chi connectivity index (χ1v) is 6.46. The number of benzene rings is 2. The Morgan fingerprint density at radius 3 is 2.19 bits per heavy atom. The summed E-state index contributed by atoms with van der Waals surface area (Å²) < 4.78 is 4.50. The smallest absolute Gasteiger partial charge is 0.317 e. The van der Waals surface area contributed by atoms with Gasteiger partial charge < -0.3 is 4.74 Å². The summed E-state index contributed by atoms with van der Waals surface area (Å²) in [6.45, 7) is 0. The number of methoxy groups -OCH3 is 1. The van der Waals surface area contributed by atoms with Crippen LogP contribution in [0.1, 0.15) is 27.9 Å². The van der Waals surface area contributed by atoms with Crippen LogP contribution in [0.25, 0.3) is 0 Å². The molecule has 0 saturated heterocycles. The van der Waals surface area contributed by atoms with E-state index in [1.807, 2.05) is 18.2 Å². The lowest BCUT2D eigenvalue weighted by Crippen LogP contribution is -2.00. The lowest BCUT2D eigenvalue weighted by Gasteiger charge is -2.01. The van der Waals surface area contributed by atoms with Crippen LogP contribution in [-0.2, 0) is 9.53 Å². The minimum atomic E-state index is -0.363. The molecular weight excluding hydrogens is 264 g/mol. The maximum absolute atomic E-state index is 12.2. The van der Waals surface area contributed by atoms with Gasteiger partial charge in [-0.3, -0.25) is 9.59 Å². The van der Waals surface area contributed by atoms with Gasteiger partial charge in [0.05, 0.1) is 7.11 Å². The largest absolute Gasteiger partial charge is 0.468 e. The van der Waals surface area contributed by atoms with E-state index >= 15 is 0 Å². The van der Waals surface area contributed by atoms with E-state index in [0.717, 1.165) is 5.56 Å². The molecule has 104 valence electrons. The van der Waals surface area contributed by atoms with E-state index in [-0.39, 0.29) is 18.2 Å². The van der Waals surface area contributed by atoms with Gasteiger partial charge in [0.15, 0.2) is 5.78 Å². The molecule has 0 aliphatic rings. The van der Waals surface area contributed by atoms with Crippen molar-refractivity contribution >= 4 is 11.8 Å². The van der Waals surface area contributed by atoms with Crippen LogP contribution in [0.2, 0.25) is 0 Å². The van der Waals surface area contributed by atoms with Crippen molar-refractivity contribution < 1.29 is 14.3 Å². The van der Waals surface area contributed by atoms with E-state index in [4.69, 9.17) is 0 Å². The highest BCUT2D eigenvalue weighted by atomic mass is 16.5. The van der Waals surface area contributed by atoms with Crippen molar-refractivity contribution in [2.75, 3.05) is 7.11 Å². The van der Waals surface area contributed by atoms with Gasteiger partial charge >= 0.3 is 5.97 Å². The Morgan fingerprint density at radius 2 is 1.57 bits per heavy atom. The van der Waals surface area contributed by atoms with Gasteiger partial charge in [-0.05, 0) is 24.3 Å². The first kappa shape index (κ1) is 14.5. The fraction of sp³-hybridized carbons (Fsp3) is 0.111. The second-order valence-electron chi connectivity index (χ2n) is 4.33. The molecule has 0 N–H and O–H groups in total. The second kappa shape index (κ2) is 7.06. The molecule has 0 heterocycles. The highest BCUT2D eigenvalue weighted by molar-refractivity contribution is 6.08. The van der Waals surface area contributed by atoms with Crippen molar-refractivity contribution in [3.8, 4) is 11.8 Å². The molecule has 3 heteroatoms. The Hall–Kier alpha value is -2.86. The van der Waals surface area contributed by atoms with Gasteiger partial charge in [0.2, 0.25) is 0 Å². The minimum absolute atomic E-state index is 0.0235. The van der Waals surface area contributed by atoms with Gasteiger partial charge in [-0.2, -0.15) is 0 Å². The maximum Gasteiger partial charge on any atom is 0.317 e. The van der Waals surface area contributed by atoms with Crippen LogP contribution >= 0.6 is 0 Å². The summed E-state index contributed by atoms with van der Waals surface area (Å²) in [4.78, 5) is 23.1. The summed E-state index contributed by atoms with van der Waals surface area (Å²) in [7, 11) is 1.33. The van der Waals surface area contributed by atoms with Crippen molar-refractivity contribution in [3.63, 3.8) is 0 Å². The maximum atomic E-state index is 12.2. The Morgan fingerprint density at radius 1 is 0.952 bits per heavy atom. The van der Waals surface area contributed by atoms with Gasteiger partial charge in [-0.1, -0.05) is 42.2 Å². The highest BCUT2D eigenvalue weighted by Gasteiger charge is 2.07. The zero-order valence-corrected chi connectivity index (χ0v) is 11.6. The third-order valence-corrected chi connectivity index (χ3v) is 2.88. The van der Waals surface area contributed by atoms with Crippen LogP contribution in [-0.4, -0.2) is 18.9 Å². The highest BCUT2D eigenvalue weighted by Crippen LogP contribution is 2.10. The molecular formula is C18H14O3. The number of carbonyl (C=O) groups excluding carboxylic acids is 2. The molecule has 2 aromatic carbocycles. The van der Waals surface area contributed by atoms with E-state index < -0.39 is 0 Å². The lowest BCUT2D eigenvalue weighted by molar-refractivity contribution is -0.139. The van der Waals surface area contributed by atoms with Crippen molar-refractivity contribution in [1.82, 2.24) is 0 Å². The van der Waals surface area contributed by atoms with Gasteiger partial charge in [-0.15, -0.1) is 0 Å². The number of hydrogen-bond acceptors (Lipinski definition) is 3. The zero-order valence-electron chi connectivity index (χ0n) is 11.6. The van der Waals surface area contributed by atoms with Crippen LogP contribution in [0.4, 0.5) is 0 Å². The van der Waals surface area contributed by atoms with Crippen molar-refractivity contribution in [2.24, 2.45) is 0 Å². The molecule has 2 rings (SSSR count). The number of esters is 1. The predicted molar refractivity (Wildman–Crippen MR) is 79.8 cm³/mol. The first-order chi connectivity index (χ1) is 10.2. The molecule has 3 nitrogen and oxygen atoms in total. The van der Waals surface area contributed by atoms with E-state index in [2.05, 4.69) is 16.6 Å². The van der Waals surface area contributed by atoms with Crippen molar-refractivity contribution in [3.05, 3.63) is 71.3 Å². The molecule has 0 aliphatic carbocycles. The first-order valence-electron chi connectivity index (χ1n) is 6.46. The summed E-state index contributed by atoms with van der Waals surface area (Å²) in [5.41, 5.74) is 2.02. The molecule has 0 radical (unpaired) electrons. The van der Waals surface area contributed by atoms with Crippen molar-refractivity contribution in [2.45, 2.75) is 6.42 Å². The normalized spacial score (nSPS) is 9.38. The topological polar surface area (TPSA) is 43.4 Å². The summed E-state index contributed by atoms with van der Waals surface area (Å²) in [5, 5.41) is 0. The molecule has 0 atom stereocenters. The van der Waals surface area contributed by atoms with Crippen LogP contribution in [0.5, 0.6) is 0 Å². The van der Waals surface area contributed by atoms with Gasteiger partial charge in [0.1, 0.15) is 6.42 Å².